The predicted molar refractivity (Wildman–Crippen MR) is 92.5 cm³/mol. The number of guanidine groups is 1. The van der Waals surface area contributed by atoms with Gasteiger partial charge in [0, 0.05) is 53.6 Å². The third-order valence-corrected chi connectivity index (χ3v) is 3.16. The molecule has 0 spiro atoms. The molecule has 2 N–H and O–H groups in total. The molecule has 0 aliphatic heterocycles. The smallest absolute Gasteiger partial charge is 0.191 e. The molecule has 1 aromatic rings. The topological polar surface area (TPSA) is 61.8 Å². The lowest BCUT2D eigenvalue weighted by atomic mass is 10.2. The molecular weight excluding hydrogens is 278 g/mol. The fourth-order valence-electron chi connectivity index (χ4n) is 1.90. The third-order valence-electron chi connectivity index (χ3n) is 3.16. The first-order valence-corrected chi connectivity index (χ1v) is 7.82. The van der Waals surface area contributed by atoms with Gasteiger partial charge >= 0.3 is 0 Å². The Bertz CT molecular complexity index is 448. The lowest BCUT2D eigenvalue weighted by Crippen LogP contribution is -2.37. The van der Waals surface area contributed by atoms with Crippen molar-refractivity contribution in [2.24, 2.45) is 4.99 Å². The van der Waals surface area contributed by atoms with Gasteiger partial charge in [0.15, 0.2) is 5.96 Å². The fourth-order valence-corrected chi connectivity index (χ4v) is 1.90. The number of hydrogen-bond acceptors (Lipinski definition) is 4. The minimum Gasteiger partial charge on any atom is -0.382 e. The Morgan fingerprint density at radius 3 is 2.82 bits per heavy atom. The number of nitrogens with zero attached hydrogens (tertiary/aromatic N) is 3. The Morgan fingerprint density at radius 2 is 2.14 bits per heavy atom. The number of aliphatic imine (C=N–C) groups is 1. The standard InChI is InChI=1S/C16H29N5O/c1-5-22-11-7-6-9-19-16(17-2)20-13-14-8-10-18-15(12-14)21(3)4/h8,10,12H,5-7,9,11,13H2,1-4H3,(H2,17,19,20). The molecule has 0 bridgehead atoms. The van der Waals surface area contributed by atoms with Gasteiger partial charge in [0.05, 0.1) is 0 Å². The molecule has 0 radical (unpaired) electrons. The SMILES string of the molecule is CCOCCCCNC(=NC)NCc1ccnc(N(C)C)c1. The summed E-state index contributed by atoms with van der Waals surface area (Å²) in [6, 6.07) is 4.08. The van der Waals surface area contributed by atoms with E-state index in [4.69, 9.17) is 4.74 Å². The minimum absolute atomic E-state index is 0.724. The van der Waals surface area contributed by atoms with Crippen LogP contribution in [0, 0.1) is 0 Å². The van der Waals surface area contributed by atoms with Crippen LogP contribution >= 0.6 is 0 Å². The predicted octanol–water partition coefficient (Wildman–Crippen LogP) is 1.63. The zero-order chi connectivity index (χ0) is 16.2. The van der Waals surface area contributed by atoms with Crippen LogP contribution in [-0.2, 0) is 11.3 Å². The van der Waals surface area contributed by atoms with Gasteiger partial charge in [0.2, 0.25) is 0 Å². The molecule has 124 valence electrons. The van der Waals surface area contributed by atoms with E-state index in [-0.39, 0.29) is 0 Å². The van der Waals surface area contributed by atoms with E-state index in [1.807, 2.05) is 38.2 Å². The van der Waals surface area contributed by atoms with Gasteiger partial charge in [0.25, 0.3) is 0 Å². The van der Waals surface area contributed by atoms with Gasteiger partial charge < -0.3 is 20.3 Å². The summed E-state index contributed by atoms with van der Waals surface area (Å²) >= 11 is 0. The highest BCUT2D eigenvalue weighted by Crippen LogP contribution is 2.09. The van der Waals surface area contributed by atoms with Crippen LogP contribution in [0.1, 0.15) is 25.3 Å². The molecule has 0 aliphatic rings. The van der Waals surface area contributed by atoms with Gasteiger partial charge in [0.1, 0.15) is 5.82 Å². The van der Waals surface area contributed by atoms with Crippen molar-refractivity contribution in [2.45, 2.75) is 26.3 Å². The van der Waals surface area contributed by atoms with E-state index in [1.165, 1.54) is 5.56 Å². The van der Waals surface area contributed by atoms with Gasteiger partial charge in [-0.25, -0.2) is 4.98 Å². The number of aromatic nitrogens is 1. The van der Waals surface area contributed by atoms with E-state index < -0.39 is 0 Å². The zero-order valence-electron chi connectivity index (χ0n) is 14.2. The normalized spacial score (nSPS) is 11.4. The van der Waals surface area contributed by atoms with Gasteiger partial charge in [-0.2, -0.15) is 0 Å². The second kappa shape index (κ2) is 10.8. The lowest BCUT2D eigenvalue weighted by molar-refractivity contribution is 0.143. The second-order valence-electron chi connectivity index (χ2n) is 5.17. The number of rotatable bonds is 9. The van der Waals surface area contributed by atoms with Crippen molar-refractivity contribution >= 4 is 11.8 Å². The van der Waals surface area contributed by atoms with Crippen molar-refractivity contribution in [3.8, 4) is 0 Å². The van der Waals surface area contributed by atoms with Crippen LogP contribution in [0.25, 0.3) is 0 Å². The number of unbranched alkanes of at least 4 members (excludes halogenated alkanes) is 1. The number of anilines is 1. The Morgan fingerprint density at radius 1 is 1.32 bits per heavy atom. The van der Waals surface area contributed by atoms with E-state index in [9.17, 15) is 0 Å². The van der Waals surface area contributed by atoms with E-state index in [0.29, 0.717) is 0 Å². The summed E-state index contributed by atoms with van der Waals surface area (Å²) < 4.78 is 5.32. The second-order valence-corrected chi connectivity index (χ2v) is 5.17. The maximum absolute atomic E-state index is 5.32. The molecule has 6 nitrogen and oxygen atoms in total. The van der Waals surface area contributed by atoms with Crippen LogP contribution in [0.5, 0.6) is 0 Å². The summed E-state index contributed by atoms with van der Waals surface area (Å²) in [6.45, 7) is 5.25. The highest BCUT2D eigenvalue weighted by atomic mass is 16.5. The van der Waals surface area contributed by atoms with Crippen LogP contribution in [0.15, 0.2) is 23.3 Å². The summed E-state index contributed by atoms with van der Waals surface area (Å²) in [5.41, 5.74) is 1.18. The van der Waals surface area contributed by atoms with Crippen LogP contribution in [0.4, 0.5) is 5.82 Å². The molecular formula is C16H29N5O. The molecule has 1 aromatic heterocycles. The van der Waals surface area contributed by atoms with Crippen LogP contribution in [0.2, 0.25) is 0 Å². The molecule has 0 unspecified atom stereocenters. The lowest BCUT2D eigenvalue weighted by Gasteiger charge is -2.14. The molecule has 1 rings (SSSR count). The highest BCUT2D eigenvalue weighted by molar-refractivity contribution is 5.79. The van der Waals surface area contributed by atoms with E-state index in [2.05, 4.69) is 26.7 Å². The van der Waals surface area contributed by atoms with Gasteiger partial charge in [-0.05, 0) is 37.5 Å². The largest absolute Gasteiger partial charge is 0.382 e. The molecule has 0 amide bonds. The van der Waals surface area contributed by atoms with Crippen molar-refractivity contribution in [3.63, 3.8) is 0 Å². The first kappa shape index (κ1) is 18.2. The average Bonchev–Trinajstić information content (AvgIpc) is 2.53. The summed E-state index contributed by atoms with van der Waals surface area (Å²) in [4.78, 5) is 10.5. The first-order chi connectivity index (χ1) is 10.7. The Hall–Kier alpha value is -1.82. The monoisotopic (exact) mass is 307 g/mol. The van der Waals surface area contributed by atoms with Crippen molar-refractivity contribution in [3.05, 3.63) is 23.9 Å². The molecule has 1 heterocycles. The van der Waals surface area contributed by atoms with E-state index in [1.54, 1.807) is 7.05 Å². The van der Waals surface area contributed by atoms with Crippen molar-refractivity contribution in [2.75, 3.05) is 45.8 Å². The van der Waals surface area contributed by atoms with Crippen molar-refractivity contribution < 1.29 is 4.74 Å². The maximum atomic E-state index is 5.32. The number of ether oxygens (including phenoxy) is 1. The summed E-state index contributed by atoms with van der Waals surface area (Å²) in [5.74, 6) is 1.78. The molecule has 0 aliphatic carbocycles. The summed E-state index contributed by atoms with van der Waals surface area (Å²) in [6.07, 6.45) is 3.96. The minimum atomic E-state index is 0.724. The summed E-state index contributed by atoms with van der Waals surface area (Å²) in [5, 5.41) is 6.63. The number of nitrogens with one attached hydrogen (secondary N) is 2. The van der Waals surface area contributed by atoms with Crippen LogP contribution in [0.3, 0.4) is 0 Å². The Labute approximate surface area is 134 Å². The fraction of sp³-hybridized carbons (Fsp3) is 0.625. The number of pyridine rings is 1. The third kappa shape index (κ3) is 7.26. The average molecular weight is 307 g/mol. The number of hydrogen-bond donors (Lipinski definition) is 2. The quantitative estimate of drug-likeness (QED) is 0.412. The molecule has 0 aromatic carbocycles. The van der Waals surface area contributed by atoms with Crippen LogP contribution in [-0.4, -0.2) is 51.8 Å². The zero-order valence-corrected chi connectivity index (χ0v) is 14.2. The van der Waals surface area contributed by atoms with E-state index in [0.717, 1.165) is 50.9 Å². The van der Waals surface area contributed by atoms with Crippen molar-refractivity contribution in [1.29, 1.82) is 0 Å². The maximum Gasteiger partial charge on any atom is 0.191 e. The van der Waals surface area contributed by atoms with Crippen molar-refractivity contribution in [1.82, 2.24) is 15.6 Å². The van der Waals surface area contributed by atoms with Gasteiger partial charge in [-0.15, -0.1) is 0 Å². The molecule has 0 fully saturated rings. The van der Waals surface area contributed by atoms with Gasteiger partial charge in [-0.3, -0.25) is 4.99 Å². The Kier molecular flexibility index (Phi) is 8.98. The molecule has 0 atom stereocenters. The highest BCUT2D eigenvalue weighted by Gasteiger charge is 2.01. The molecule has 0 saturated carbocycles. The molecule has 0 saturated heterocycles. The molecule has 6 heteroatoms. The van der Waals surface area contributed by atoms with E-state index >= 15 is 0 Å². The Balaban J connectivity index is 2.30. The summed E-state index contributed by atoms with van der Waals surface area (Å²) in [7, 11) is 5.76. The molecule has 22 heavy (non-hydrogen) atoms. The van der Waals surface area contributed by atoms with Gasteiger partial charge in [-0.1, -0.05) is 0 Å². The first-order valence-electron chi connectivity index (χ1n) is 7.82. The van der Waals surface area contributed by atoms with Crippen LogP contribution < -0.4 is 15.5 Å².